The normalized spacial score (nSPS) is 10.6. The molecule has 1 aromatic heterocycles. The number of halogens is 2. The second-order valence-corrected chi connectivity index (χ2v) is 4.78. The van der Waals surface area contributed by atoms with E-state index in [2.05, 4.69) is 15.5 Å². The van der Waals surface area contributed by atoms with Crippen molar-refractivity contribution in [3.63, 3.8) is 0 Å². The van der Waals surface area contributed by atoms with E-state index in [1.165, 1.54) is 12.1 Å². The van der Waals surface area contributed by atoms with Crippen LogP contribution in [0.4, 0.5) is 20.3 Å². The molecule has 0 aliphatic carbocycles. The Morgan fingerprint density at radius 3 is 2.48 bits per heavy atom. The minimum Gasteiger partial charge on any atom is -0.339 e. The monoisotopic (exact) mass is 285 g/mol. The molecule has 0 saturated carbocycles. The van der Waals surface area contributed by atoms with Gasteiger partial charge < -0.3 is 5.32 Å². The molecule has 3 aromatic rings. The van der Waals surface area contributed by atoms with Gasteiger partial charge in [0.25, 0.3) is 0 Å². The molecule has 0 spiro atoms. The smallest absolute Gasteiger partial charge is 0.152 e. The maximum atomic E-state index is 13.7. The van der Waals surface area contributed by atoms with Gasteiger partial charge >= 0.3 is 0 Å². The number of hydrogen-bond donors (Lipinski definition) is 2. The highest BCUT2D eigenvalue weighted by Gasteiger charge is 2.09. The summed E-state index contributed by atoms with van der Waals surface area (Å²) in [5.41, 5.74) is 2.82. The fourth-order valence-electron chi connectivity index (χ4n) is 2.02. The van der Waals surface area contributed by atoms with Gasteiger partial charge in [0.2, 0.25) is 0 Å². The van der Waals surface area contributed by atoms with Crippen molar-refractivity contribution >= 4 is 11.5 Å². The average Bonchev–Trinajstić information content (AvgIpc) is 2.90. The second kappa shape index (κ2) is 5.36. The number of nitrogens with one attached hydrogen (secondary N) is 2. The minimum atomic E-state index is -0.625. The lowest BCUT2D eigenvalue weighted by Gasteiger charge is -2.02. The van der Waals surface area contributed by atoms with Crippen molar-refractivity contribution in [3.05, 3.63) is 65.7 Å². The van der Waals surface area contributed by atoms with E-state index in [9.17, 15) is 8.78 Å². The average molecular weight is 285 g/mol. The van der Waals surface area contributed by atoms with E-state index >= 15 is 0 Å². The van der Waals surface area contributed by atoms with Crippen molar-refractivity contribution in [1.82, 2.24) is 10.2 Å². The van der Waals surface area contributed by atoms with Crippen LogP contribution in [0.2, 0.25) is 0 Å². The highest BCUT2D eigenvalue weighted by molar-refractivity contribution is 5.66. The summed E-state index contributed by atoms with van der Waals surface area (Å²) in [6.07, 6.45) is 0. The largest absolute Gasteiger partial charge is 0.339 e. The van der Waals surface area contributed by atoms with Gasteiger partial charge in [-0.2, -0.15) is 5.10 Å². The number of nitrogens with zero attached hydrogens (tertiary/aromatic N) is 1. The molecule has 1 heterocycles. The van der Waals surface area contributed by atoms with Crippen LogP contribution in [0.5, 0.6) is 0 Å². The van der Waals surface area contributed by atoms with Crippen molar-refractivity contribution in [2.45, 2.75) is 6.92 Å². The molecule has 0 aliphatic rings. The third-order valence-electron chi connectivity index (χ3n) is 3.12. The van der Waals surface area contributed by atoms with Crippen LogP contribution in [0.1, 0.15) is 5.56 Å². The van der Waals surface area contributed by atoms with Crippen LogP contribution in [0.3, 0.4) is 0 Å². The third kappa shape index (κ3) is 2.91. The number of aromatic nitrogens is 2. The van der Waals surface area contributed by atoms with Crippen LogP contribution < -0.4 is 5.32 Å². The van der Waals surface area contributed by atoms with E-state index in [1.807, 2.05) is 31.2 Å². The van der Waals surface area contributed by atoms with Crippen molar-refractivity contribution in [2.24, 2.45) is 0 Å². The van der Waals surface area contributed by atoms with Gasteiger partial charge in [-0.3, -0.25) is 5.10 Å². The van der Waals surface area contributed by atoms with Gasteiger partial charge in [-0.1, -0.05) is 17.7 Å². The molecule has 0 bridgehead atoms. The number of anilines is 2. The highest BCUT2D eigenvalue weighted by atomic mass is 19.1. The first-order valence-electron chi connectivity index (χ1n) is 6.46. The van der Waals surface area contributed by atoms with Crippen LogP contribution in [0.25, 0.3) is 11.3 Å². The number of aromatic amines is 1. The first kappa shape index (κ1) is 13.3. The zero-order valence-electron chi connectivity index (χ0n) is 11.3. The first-order valence-corrected chi connectivity index (χ1v) is 6.46. The Hall–Kier alpha value is -2.69. The quantitative estimate of drug-likeness (QED) is 0.748. The van der Waals surface area contributed by atoms with Crippen molar-refractivity contribution in [1.29, 1.82) is 0 Å². The highest BCUT2D eigenvalue weighted by Crippen LogP contribution is 2.25. The molecule has 0 unspecified atom stereocenters. The molecule has 0 aliphatic heterocycles. The van der Waals surface area contributed by atoms with E-state index in [0.717, 1.165) is 17.3 Å². The summed E-state index contributed by atoms with van der Waals surface area (Å²) in [4.78, 5) is 0. The zero-order chi connectivity index (χ0) is 14.8. The fraction of sp³-hybridized carbons (Fsp3) is 0.0625. The van der Waals surface area contributed by atoms with Gasteiger partial charge in [0.15, 0.2) is 5.82 Å². The molecular weight excluding hydrogens is 272 g/mol. The SMILES string of the molecule is Cc1ccc(Nc2cc(-c3ccc(F)cc3F)[nH]n2)cc1. The molecule has 0 fully saturated rings. The van der Waals surface area contributed by atoms with Crippen LogP contribution >= 0.6 is 0 Å². The summed E-state index contributed by atoms with van der Waals surface area (Å²) in [5, 5.41) is 9.93. The van der Waals surface area contributed by atoms with Gasteiger partial charge in [-0.15, -0.1) is 0 Å². The Morgan fingerprint density at radius 1 is 1.00 bits per heavy atom. The molecule has 3 rings (SSSR count). The minimum absolute atomic E-state index is 0.279. The predicted octanol–water partition coefficient (Wildman–Crippen LogP) is 4.41. The van der Waals surface area contributed by atoms with E-state index in [-0.39, 0.29) is 5.56 Å². The zero-order valence-corrected chi connectivity index (χ0v) is 11.3. The van der Waals surface area contributed by atoms with Crippen LogP contribution in [0, 0.1) is 18.6 Å². The molecular formula is C16H13F2N3. The Labute approximate surface area is 120 Å². The summed E-state index contributed by atoms with van der Waals surface area (Å²) in [6, 6.07) is 13.0. The summed E-state index contributed by atoms with van der Waals surface area (Å²) >= 11 is 0. The first-order chi connectivity index (χ1) is 10.1. The lowest BCUT2D eigenvalue weighted by Crippen LogP contribution is -1.89. The van der Waals surface area contributed by atoms with Crippen LogP contribution in [0.15, 0.2) is 48.5 Å². The molecule has 106 valence electrons. The van der Waals surface area contributed by atoms with Gasteiger partial charge in [-0.05, 0) is 31.2 Å². The number of rotatable bonds is 3. The molecule has 0 saturated heterocycles. The van der Waals surface area contributed by atoms with Crippen LogP contribution in [-0.2, 0) is 0 Å². The van der Waals surface area contributed by atoms with Crippen molar-refractivity contribution < 1.29 is 8.78 Å². The lowest BCUT2D eigenvalue weighted by molar-refractivity contribution is 0.585. The Balaban J connectivity index is 1.84. The Bertz CT molecular complexity index is 763. The van der Waals surface area contributed by atoms with E-state index in [0.29, 0.717) is 11.5 Å². The number of H-pyrrole nitrogens is 1. The molecule has 2 N–H and O–H groups in total. The summed E-state index contributed by atoms with van der Waals surface area (Å²) < 4.78 is 26.6. The number of hydrogen-bond acceptors (Lipinski definition) is 2. The van der Waals surface area contributed by atoms with E-state index in [4.69, 9.17) is 0 Å². The van der Waals surface area contributed by atoms with Crippen molar-refractivity contribution in [2.75, 3.05) is 5.32 Å². The van der Waals surface area contributed by atoms with E-state index in [1.54, 1.807) is 6.07 Å². The number of aryl methyl sites for hydroxylation is 1. The molecule has 5 heteroatoms. The molecule has 2 aromatic carbocycles. The van der Waals surface area contributed by atoms with Crippen molar-refractivity contribution in [3.8, 4) is 11.3 Å². The molecule has 21 heavy (non-hydrogen) atoms. The summed E-state index contributed by atoms with van der Waals surface area (Å²) in [5.74, 6) is -0.660. The molecule has 0 radical (unpaired) electrons. The standard InChI is InChI=1S/C16H13F2N3/c1-10-2-5-12(6-3-10)19-16-9-15(20-21-16)13-7-4-11(17)8-14(13)18/h2-9H,1H3,(H2,19,20,21). The summed E-state index contributed by atoms with van der Waals surface area (Å²) in [7, 11) is 0. The maximum Gasteiger partial charge on any atom is 0.152 e. The van der Waals surface area contributed by atoms with Gasteiger partial charge in [0, 0.05) is 23.4 Å². The lowest BCUT2D eigenvalue weighted by atomic mass is 10.1. The Kier molecular flexibility index (Phi) is 3.39. The summed E-state index contributed by atoms with van der Waals surface area (Å²) in [6.45, 7) is 2.01. The van der Waals surface area contributed by atoms with Gasteiger partial charge in [0.05, 0.1) is 5.69 Å². The third-order valence-corrected chi connectivity index (χ3v) is 3.12. The number of benzene rings is 2. The molecule has 0 atom stereocenters. The van der Waals surface area contributed by atoms with Gasteiger partial charge in [0.1, 0.15) is 11.6 Å². The molecule has 3 nitrogen and oxygen atoms in total. The molecule has 0 amide bonds. The second-order valence-electron chi connectivity index (χ2n) is 4.78. The van der Waals surface area contributed by atoms with Crippen LogP contribution in [-0.4, -0.2) is 10.2 Å². The Morgan fingerprint density at radius 2 is 1.76 bits per heavy atom. The topological polar surface area (TPSA) is 40.7 Å². The van der Waals surface area contributed by atoms with Gasteiger partial charge in [-0.25, -0.2) is 8.78 Å². The van der Waals surface area contributed by atoms with E-state index < -0.39 is 11.6 Å². The fourth-order valence-corrected chi connectivity index (χ4v) is 2.02. The maximum absolute atomic E-state index is 13.7. The predicted molar refractivity (Wildman–Crippen MR) is 78.4 cm³/mol.